The van der Waals surface area contributed by atoms with E-state index in [1.165, 1.54) is 0 Å². The Morgan fingerprint density at radius 2 is 2.10 bits per heavy atom. The average molecular weight is 439 g/mol. The minimum absolute atomic E-state index is 0.0304. The van der Waals surface area contributed by atoms with Crippen LogP contribution in [-0.4, -0.2) is 21.6 Å². The molecule has 0 fully saturated rings. The summed E-state index contributed by atoms with van der Waals surface area (Å²) >= 11 is 6.40. The van der Waals surface area contributed by atoms with Crippen LogP contribution in [0.2, 0.25) is 5.02 Å². The molecule has 0 saturated heterocycles. The van der Waals surface area contributed by atoms with Crippen LogP contribution in [0.3, 0.4) is 0 Å². The van der Waals surface area contributed by atoms with Gasteiger partial charge >= 0.3 is 0 Å². The first-order valence-corrected chi connectivity index (χ1v) is 10.5. The number of aromatic nitrogens is 2. The molecule has 1 aliphatic heterocycles. The van der Waals surface area contributed by atoms with Crippen molar-refractivity contribution in [3.63, 3.8) is 0 Å². The van der Waals surface area contributed by atoms with E-state index in [9.17, 15) is 9.59 Å². The van der Waals surface area contributed by atoms with Crippen molar-refractivity contribution in [3.05, 3.63) is 74.4 Å². The number of amides is 1. The highest BCUT2D eigenvalue weighted by Crippen LogP contribution is 2.40. The number of halogens is 1. The molecule has 3 aromatic rings. The quantitative estimate of drug-likeness (QED) is 0.464. The summed E-state index contributed by atoms with van der Waals surface area (Å²) in [4.78, 5) is 31.3. The number of nitrogens with one attached hydrogen (secondary N) is 2. The molecule has 31 heavy (non-hydrogen) atoms. The Labute approximate surface area is 184 Å². The van der Waals surface area contributed by atoms with E-state index in [0.29, 0.717) is 53.2 Å². The smallest absolute Gasteiger partial charge is 0.274 e. The van der Waals surface area contributed by atoms with Gasteiger partial charge in [0.25, 0.3) is 5.56 Å². The van der Waals surface area contributed by atoms with Crippen molar-refractivity contribution in [2.24, 2.45) is 4.99 Å². The molecule has 160 valence electrons. The van der Waals surface area contributed by atoms with Crippen LogP contribution in [0.1, 0.15) is 31.7 Å². The molecule has 0 spiro atoms. The highest BCUT2D eigenvalue weighted by molar-refractivity contribution is 6.32. The van der Waals surface area contributed by atoms with Gasteiger partial charge < -0.3 is 14.6 Å². The van der Waals surface area contributed by atoms with Crippen molar-refractivity contribution < 1.29 is 9.53 Å². The van der Waals surface area contributed by atoms with Crippen molar-refractivity contribution in [2.75, 3.05) is 5.32 Å². The molecule has 0 aliphatic carbocycles. The standard InChI is InChI=1S/C23H23ClN4O3/c1-14(7-6-10-19(29)25-17-8-4-3-5-9-17)31-21-18(24)12-11-16-13-28-15(2)22(30)27-23(28)26-20(16)21/h3-5,8-9,11-12,14H,2,6-7,10,13H2,1H3,(H,25,29)(H,26,27,30). The number of hydrogen-bond donors (Lipinski definition) is 2. The average Bonchev–Trinajstić information content (AvgIpc) is 3.02. The van der Waals surface area contributed by atoms with Crippen LogP contribution in [0, 0.1) is 0 Å². The fourth-order valence-electron chi connectivity index (χ4n) is 3.53. The number of H-pyrrole nitrogens is 1. The lowest BCUT2D eigenvalue weighted by molar-refractivity contribution is -0.116. The van der Waals surface area contributed by atoms with E-state index < -0.39 is 0 Å². The zero-order valence-electron chi connectivity index (χ0n) is 17.2. The summed E-state index contributed by atoms with van der Waals surface area (Å²) in [6.45, 7) is 6.20. The second kappa shape index (κ2) is 8.81. The lowest BCUT2D eigenvalue weighted by Crippen LogP contribution is -2.32. The predicted molar refractivity (Wildman–Crippen MR) is 121 cm³/mol. The largest absolute Gasteiger partial charge is 0.487 e. The summed E-state index contributed by atoms with van der Waals surface area (Å²) in [5.41, 5.74) is 2.47. The summed E-state index contributed by atoms with van der Waals surface area (Å²) in [7, 11) is 0. The number of rotatable bonds is 7. The number of carbonyl (C=O) groups excluding carboxylic acids is 1. The van der Waals surface area contributed by atoms with E-state index >= 15 is 0 Å². The lowest BCUT2D eigenvalue weighted by Gasteiger charge is -2.21. The Morgan fingerprint density at radius 3 is 2.87 bits per heavy atom. The first kappa shape index (κ1) is 20.9. The molecule has 2 aromatic carbocycles. The topological polar surface area (TPSA) is 88.5 Å². The number of para-hydroxylation sites is 1. The third-order valence-electron chi connectivity index (χ3n) is 5.17. The summed E-state index contributed by atoms with van der Waals surface area (Å²) in [6, 6.07) is 13.0. The number of nitrogens with zero attached hydrogens (tertiary/aromatic N) is 2. The summed E-state index contributed by atoms with van der Waals surface area (Å²) < 4.78 is 7.85. The monoisotopic (exact) mass is 438 g/mol. The fourth-order valence-corrected chi connectivity index (χ4v) is 3.73. The van der Waals surface area contributed by atoms with Crippen LogP contribution >= 0.6 is 11.6 Å². The van der Waals surface area contributed by atoms with Crippen LogP contribution in [0.5, 0.6) is 5.75 Å². The highest BCUT2D eigenvalue weighted by atomic mass is 35.5. The zero-order chi connectivity index (χ0) is 22.0. The van der Waals surface area contributed by atoms with Gasteiger partial charge in [-0.15, -0.1) is 0 Å². The van der Waals surface area contributed by atoms with Gasteiger partial charge in [0.2, 0.25) is 11.5 Å². The molecular formula is C23H23ClN4O3. The molecular weight excluding hydrogens is 416 g/mol. The molecule has 1 unspecified atom stereocenters. The Morgan fingerprint density at radius 1 is 1.32 bits per heavy atom. The van der Waals surface area contributed by atoms with Crippen molar-refractivity contribution in [1.82, 2.24) is 9.55 Å². The van der Waals surface area contributed by atoms with Crippen LogP contribution < -0.4 is 26.6 Å². The maximum absolute atomic E-state index is 12.1. The van der Waals surface area contributed by atoms with E-state index in [-0.39, 0.29) is 17.6 Å². The number of anilines is 1. The number of fused-ring (bicyclic) bond motifs is 2. The molecule has 4 rings (SSSR count). The molecule has 1 aliphatic rings. The Balaban J connectivity index is 1.42. The minimum atomic E-state index is -0.262. The number of carbonyl (C=O) groups is 1. The predicted octanol–water partition coefficient (Wildman–Crippen LogP) is 3.13. The molecule has 8 heteroatoms. The molecule has 0 radical (unpaired) electrons. The normalized spacial score (nSPS) is 13.0. The summed E-state index contributed by atoms with van der Waals surface area (Å²) in [5.74, 6) is 0.455. The lowest BCUT2D eigenvalue weighted by atomic mass is 10.1. The minimum Gasteiger partial charge on any atom is -0.487 e. The maximum Gasteiger partial charge on any atom is 0.274 e. The van der Waals surface area contributed by atoms with Gasteiger partial charge in [-0.05, 0) is 38.0 Å². The van der Waals surface area contributed by atoms with Crippen molar-refractivity contribution in [1.29, 1.82) is 0 Å². The van der Waals surface area contributed by atoms with E-state index in [0.717, 1.165) is 11.3 Å². The Kier molecular flexibility index (Phi) is 5.95. The van der Waals surface area contributed by atoms with Gasteiger partial charge in [0.1, 0.15) is 11.0 Å². The fraction of sp³-hybridized carbons (Fsp3) is 0.261. The number of aromatic amines is 1. The van der Waals surface area contributed by atoms with E-state index in [4.69, 9.17) is 16.3 Å². The van der Waals surface area contributed by atoms with E-state index in [1.807, 2.05) is 43.3 Å². The molecule has 2 N–H and O–H groups in total. The first-order valence-electron chi connectivity index (χ1n) is 10.1. The Hall–Kier alpha value is -3.32. The Bertz CT molecular complexity index is 1280. The number of imidazole rings is 1. The van der Waals surface area contributed by atoms with E-state index in [1.54, 1.807) is 10.6 Å². The van der Waals surface area contributed by atoms with Gasteiger partial charge in [0.15, 0.2) is 5.75 Å². The third kappa shape index (κ3) is 4.56. The van der Waals surface area contributed by atoms with Gasteiger partial charge in [0, 0.05) is 17.7 Å². The molecule has 0 saturated carbocycles. The molecule has 1 aromatic heterocycles. The molecule has 1 atom stereocenters. The van der Waals surface area contributed by atoms with Gasteiger partial charge in [-0.25, -0.2) is 4.99 Å². The molecule has 2 heterocycles. The van der Waals surface area contributed by atoms with E-state index in [2.05, 4.69) is 21.9 Å². The summed E-state index contributed by atoms with van der Waals surface area (Å²) in [6.07, 6.45) is 1.58. The number of ether oxygens (including phenoxy) is 1. The van der Waals surface area contributed by atoms with Crippen LogP contribution in [-0.2, 0) is 11.3 Å². The number of hydrogen-bond acceptors (Lipinski definition) is 4. The third-order valence-corrected chi connectivity index (χ3v) is 5.47. The molecule has 0 bridgehead atoms. The van der Waals surface area contributed by atoms with Gasteiger partial charge in [-0.3, -0.25) is 14.6 Å². The van der Waals surface area contributed by atoms with Crippen LogP contribution in [0.15, 0.2) is 52.3 Å². The SMILES string of the molecule is C=c1c(=O)[nH]c2n1Cc1ccc(Cl)c(OC(C)CCCC(=O)Nc3ccccc3)c1N=2. The second-order valence-electron chi connectivity index (χ2n) is 7.54. The second-order valence-corrected chi connectivity index (χ2v) is 7.95. The van der Waals surface area contributed by atoms with Gasteiger partial charge in [-0.1, -0.05) is 42.4 Å². The molecule has 7 nitrogen and oxygen atoms in total. The van der Waals surface area contributed by atoms with Crippen molar-refractivity contribution in [2.45, 2.75) is 38.8 Å². The van der Waals surface area contributed by atoms with Crippen molar-refractivity contribution >= 4 is 35.5 Å². The highest BCUT2D eigenvalue weighted by Gasteiger charge is 2.21. The first-order chi connectivity index (χ1) is 14.9. The van der Waals surface area contributed by atoms with Crippen molar-refractivity contribution in [3.8, 4) is 5.75 Å². The van der Waals surface area contributed by atoms with Gasteiger partial charge in [0.05, 0.1) is 17.7 Å². The maximum atomic E-state index is 12.1. The molecule has 1 amide bonds. The summed E-state index contributed by atoms with van der Waals surface area (Å²) in [5, 5.41) is 3.70. The van der Waals surface area contributed by atoms with Crippen LogP contribution in [0.4, 0.5) is 11.4 Å². The van der Waals surface area contributed by atoms with Crippen LogP contribution in [0.25, 0.3) is 6.58 Å². The zero-order valence-corrected chi connectivity index (χ0v) is 17.9. The van der Waals surface area contributed by atoms with Gasteiger partial charge in [-0.2, -0.15) is 0 Å². The number of benzene rings is 2.